The van der Waals surface area contributed by atoms with Crippen molar-refractivity contribution in [3.63, 3.8) is 0 Å². The third-order valence-electron chi connectivity index (χ3n) is 2.38. The average molecular weight is 169 g/mol. The summed E-state index contributed by atoms with van der Waals surface area (Å²) in [6, 6.07) is 0. The third-order valence-corrected chi connectivity index (χ3v) is 2.38. The van der Waals surface area contributed by atoms with Crippen LogP contribution in [-0.2, 0) is 4.79 Å². The van der Waals surface area contributed by atoms with Gasteiger partial charge in [-0.05, 0) is 33.6 Å². The largest absolute Gasteiger partial charge is 0.338 e. The van der Waals surface area contributed by atoms with Crippen molar-refractivity contribution in [3.05, 3.63) is 0 Å². The van der Waals surface area contributed by atoms with Gasteiger partial charge in [-0.3, -0.25) is 4.79 Å². The second-order valence-electron chi connectivity index (χ2n) is 4.53. The molecule has 0 aromatic heterocycles. The number of hydrogen-bond donors (Lipinski definition) is 0. The molecule has 0 unspecified atom stereocenters. The lowest BCUT2D eigenvalue weighted by atomic mass is 10.1. The van der Waals surface area contributed by atoms with Crippen molar-refractivity contribution in [2.24, 2.45) is 0 Å². The molecule has 0 saturated carbocycles. The summed E-state index contributed by atoms with van der Waals surface area (Å²) in [4.78, 5) is 13.6. The van der Waals surface area contributed by atoms with Crippen LogP contribution in [0.1, 0.15) is 46.5 Å². The Morgan fingerprint density at radius 3 is 2.42 bits per heavy atom. The topological polar surface area (TPSA) is 20.3 Å². The van der Waals surface area contributed by atoms with Gasteiger partial charge in [0.05, 0.1) is 0 Å². The monoisotopic (exact) mass is 169 g/mol. The highest BCUT2D eigenvalue weighted by atomic mass is 16.2. The maximum absolute atomic E-state index is 11.6. The zero-order valence-electron chi connectivity index (χ0n) is 8.39. The van der Waals surface area contributed by atoms with E-state index in [0.29, 0.717) is 5.91 Å². The van der Waals surface area contributed by atoms with Gasteiger partial charge in [-0.15, -0.1) is 0 Å². The first-order valence-electron chi connectivity index (χ1n) is 4.82. The number of carbonyl (C=O) groups excluding carboxylic acids is 1. The van der Waals surface area contributed by atoms with E-state index in [0.717, 1.165) is 19.4 Å². The summed E-state index contributed by atoms with van der Waals surface area (Å²) in [6.07, 6.45) is 4.20. The lowest BCUT2D eigenvalue weighted by Crippen LogP contribution is -2.45. The Hall–Kier alpha value is -0.530. The molecule has 1 aliphatic rings. The minimum absolute atomic E-state index is 0.0153. The van der Waals surface area contributed by atoms with Gasteiger partial charge in [-0.2, -0.15) is 0 Å². The Bertz CT molecular complexity index is 169. The highest BCUT2D eigenvalue weighted by Crippen LogP contribution is 2.20. The van der Waals surface area contributed by atoms with Crippen LogP contribution in [0.15, 0.2) is 0 Å². The van der Waals surface area contributed by atoms with Gasteiger partial charge in [0, 0.05) is 18.5 Å². The van der Waals surface area contributed by atoms with E-state index in [1.807, 2.05) is 4.90 Å². The van der Waals surface area contributed by atoms with E-state index in [1.165, 1.54) is 12.8 Å². The van der Waals surface area contributed by atoms with Gasteiger partial charge < -0.3 is 4.90 Å². The molecule has 70 valence electrons. The molecule has 0 bridgehead atoms. The molecule has 0 radical (unpaired) electrons. The standard InChI is InChI=1S/C10H19NO/c1-10(2,3)11-8-6-4-5-7-9(11)12/h4-8H2,1-3H3. The first kappa shape index (κ1) is 9.56. The summed E-state index contributed by atoms with van der Waals surface area (Å²) in [6.45, 7) is 7.27. The SMILES string of the molecule is CC(C)(C)N1CCCCCC1=O. The van der Waals surface area contributed by atoms with Gasteiger partial charge in [0.1, 0.15) is 0 Å². The Morgan fingerprint density at radius 2 is 1.83 bits per heavy atom. The first-order valence-corrected chi connectivity index (χ1v) is 4.82. The maximum Gasteiger partial charge on any atom is 0.222 e. The van der Waals surface area contributed by atoms with Crippen molar-refractivity contribution >= 4 is 5.91 Å². The van der Waals surface area contributed by atoms with Crippen molar-refractivity contribution in [2.75, 3.05) is 6.54 Å². The highest BCUT2D eigenvalue weighted by Gasteiger charge is 2.26. The smallest absolute Gasteiger partial charge is 0.222 e. The van der Waals surface area contributed by atoms with Crippen LogP contribution < -0.4 is 0 Å². The van der Waals surface area contributed by atoms with Crippen molar-refractivity contribution in [1.82, 2.24) is 4.90 Å². The van der Waals surface area contributed by atoms with Crippen LogP contribution in [0.3, 0.4) is 0 Å². The molecule has 0 aliphatic carbocycles. The third kappa shape index (κ3) is 2.23. The molecule has 1 rings (SSSR count). The van der Waals surface area contributed by atoms with E-state index in [1.54, 1.807) is 0 Å². The molecule has 1 saturated heterocycles. The molecule has 0 aromatic rings. The summed E-state index contributed by atoms with van der Waals surface area (Å²) >= 11 is 0. The second kappa shape index (κ2) is 3.46. The molecule has 0 spiro atoms. The number of rotatable bonds is 0. The number of amides is 1. The zero-order valence-corrected chi connectivity index (χ0v) is 8.39. The van der Waals surface area contributed by atoms with Crippen molar-refractivity contribution in [2.45, 2.75) is 52.0 Å². The number of likely N-dealkylation sites (tertiary alicyclic amines) is 1. The van der Waals surface area contributed by atoms with E-state index in [2.05, 4.69) is 20.8 Å². The summed E-state index contributed by atoms with van der Waals surface area (Å²) in [5.74, 6) is 0.333. The lowest BCUT2D eigenvalue weighted by molar-refractivity contribution is -0.135. The van der Waals surface area contributed by atoms with Gasteiger partial charge in [0.25, 0.3) is 0 Å². The molecular formula is C10H19NO. The van der Waals surface area contributed by atoms with E-state index < -0.39 is 0 Å². The summed E-state index contributed by atoms with van der Waals surface area (Å²) < 4.78 is 0. The highest BCUT2D eigenvalue weighted by molar-refractivity contribution is 5.77. The van der Waals surface area contributed by atoms with Crippen LogP contribution in [0, 0.1) is 0 Å². The fourth-order valence-electron chi connectivity index (χ4n) is 1.69. The Balaban J connectivity index is 2.66. The number of nitrogens with zero attached hydrogens (tertiary/aromatic N) is 1. The van der Waals surface area contributed by atoms with Crippen molar-refractivity contribution in [3.8, 4) is 0 Å². The number of hydrogen-bond acceptors (Lipinski definition) is 1. The molecule has 0 atom stereocenters. The van der Waals surface area contributed by atoms with Gasteiger partial charge >= 0.3 is 0 Å². The molecule has 1 aliphatic heterocycles. The molecule has 0 aromatic carbocycles. The molecule has 2 heteroatoms. The van der Waals surface area contributed by atoms with E-state index in [4.69, 9.17) is 0 Å². The van der Waals surface area contributed by atoms with Gasteiger partial charge in [0.15, 0.2) is 0 Å². The van der Waals surface area contributed by atoms with E-state index >= 15 is 0 Å². The van der Waals surface area contributed by atoms with Crippen molar-refractivity contribution in [1.29, 1.82) is 0 Å². The van der Waals surface area contributed by atoms with Crippen molar-refractivity contribution < 1.29 is 4.79 Å². The van der Waals surface area contributed by atoms with Crippen LogP contribution in [0.25, 0.3) is 0 Å². The van der Waals surface area contributed by atoms with Crippen LogP contribution >= 0.6 is 0 Å². The quantitative estimate of drug-likeness (QED) is 0.544. The summed E-state index contributed by atoms with van der Waals surface area (Å²) in [5.41, 5.74) is 0.0153. The lowest BCUT2D eigenvalue weighted by Gasteiger charge is -2.34. The van der Waals surface area contributed by atoms with Crippen LogP contribution in [0.5, 0.6) is 0 Å². The molecule has 1 amide bonds. The van der Waals surface area contributed by atoms with Gasteiger partial charge in [0.2, 0.25) is 5.91 Å². The van der Waals surface area contributed by atoms with Crippen LogP contribution in [-0.4, -0.2) is 22.9 Å². The number of carbonyl (C=O) groups is 1. The Morgan fingerprint density at radius 1 is 1.17 bits per heavy atom. The molecule has 2 nitrogen and oxygen atoms in total. The summed E-state index contributed by atoms with van der Waals surface area (Å²) in [7, 11) is 0. The van der Waals surface area contributed by atoms with Gasteiger partial charge in [-0.1, -0.05) is 6.42 Å². The van der Waals surface area contributed by atoms with E-state index in [9.17, 15) is 4.79 Å². The Kier molecular flexibility index (Phi) is 2.76. The minimum atomic E-state index is 0.0153. The molecule has 1 heterocycles. The molecule has 1 fully saturated rings. The fourth-order valence-corrected chi connectivity index (χ4v) is 1.69. The predicted octanol–water partition coefficient (Wildman–Crippen LogP) is 2.19. The van der Waals surface area contributed by atoms with Gasteiger partial charge in [-0.25, -0.2) is 0 Å². The van der Waals surface area contributed by atoms with Crippen LogP contribution in [0.4, 0.5) is 0 Å². The minimum Gasteiger partial charge on any atom is -0.338 e. The van der Waals surface area contributed by atoms with Crippen LogP contribution in [0.2, 0.25) is 0 Å². The molecule has 0 N–H and O–H groups in total. The fraction of sp³-hybridized carbons (Fsp3) is 0.900. The van der Waals surface area contributed by atoms with E-state index in [-0.39, 0.29) is 5.54 Å². The normalized spacial score (nSPS) is 20.9. The maximum atomic E-state index is 11.6. The second-order valence-corrected chi connectivity index (χ2v) is 4.53. The summed E-state index contributed by atoms with van der Waals surface area (Å²) in [5, 5.41) is 0. The molecule has 12 heavy (non-hydrogen) atoms. The average Bonchev–Trinajstić information content (AvgIpc) is 2.11. The first-order chi connectivity index (χ1) is 5.52. The zero-order chi connectivity index (χ0) is 9.19. The molecular weight excluding hydrogens is 150 g/mol. The predicted molar refractivity (Wildman–Crippen MR) is 49.9 cm³/mol. The Labute approximate surface area is 74.9 Å².